The molecule has 3 aromatic heterocycles. The molecule has 4 heterocycles. The number of rotatable bonds is 2. The first kappa shape index (κ1) is 13.9. The van der Waals surface area contributed by atoms with Gasteiger partial charge in [0.2, 0.25) is 0 Å². The number of aryl methyl sites for hydroxylation is 1. The number of pyridine rings is 1. The standard InChI is InChI=1S/C16H18N6O/c1-20-11-13(10-17-20)16(23)21-8-5-12(6-9-21)15-19-18-14-4-2-3-7-22(14)15/h2-4,7,10-12H,5-6,8-9H2,1H3. The van der Waals surface area contributed by atoms with E-state index in [9.17, 15) is 4.79 Å². The van der Waals surface area contributed by atoms with Crippen molar-refractivity contribution in [1.29, 1.82) is 0 Å². The summed E-state index contributed by atoms with van der Waals surface area (Å²) in [4.78, 5) is 14.4. The van der Waals surface area contributed by atoms with Gasteiger partial charge in [0.25, 0.3) is 5.91 Å². The largest absolute Gasteiger partial charge is 0.339 e. The number of carbonyl (C=O) groups excluding carboxylic acids is 1. The molecule has 0 radical (unpaired) electrons. The second kappa shape index (κ2) is 5.49. The van der Waals surface area contributed by atoms with E-state index in [0.717, 1.165) is 37.4 Å². The van der Waals surface area contributed by atoms with Gasteiger partial charge in [-0.15, -0.1) is 10.2 Å². The molecular weight excluding hydrogens is 292 g/mol. The molecule has 4 rings (SSSR count). The molecule has 118 valence electrons. The highest BCUT2D eigenvalue weighted by atomic mass is 16.2. The topological polar surface area (TPSA) is 68.3 Å². The molecular formula is C16H18N6O. The Hall–Kier alpha value is -2.70. The maximum atomic E-state index is 12.5. The minimum Gasteiger partial charge on any atom is -0.339 e. The lowest BCUT2D eigenvalue weighted by molar-refractivity contribution is 0.0711. The van der Waals surface area contributed by atoms with Gasteiger partial charge in [-0.05, 0) is 25.0 Å². The highest BCUT2D eigenvalue weighted by molar-refractivity contribution is 5.93. The van der Waals surface area contributed by atoms with Crippen LogP contribution >= 0.6 is 0 Å². The Balaban J connectivity index is 1.48. The first-order valence-electron chi connectivity index (χ1n) is 7.80. The van der Waals surface area contributed by atoms with Crippen LogP contribution in [0.5, 0.6) is 0 Å². The van der Waals surface area contributed by atoms with Crippen LogP contribution in [0.4, 0.5) is 0 Å². The molecule has 0 saturated carbocycles. The summed E-state index contributed by atoms with van der Waals surface area (Å²) in [6.45, 7) is 1.47. The monoisotopic (exact) mass is 310 g/mol. The summed E-state index contributed by atoms with van der Waals surface area (Å²) in [6, 6.07) is 5.90. The Morgan fingerprint density at radius 1 is 1.22 bits per heavy atom. The van der Waals surface area contributed by atoms with Crippen LogP contribution in [0.1, 0.15) is 34.9 Å². The van der Waals surface area contributed by atoms with Crippen molar-refractivity contribution in [2.24, 2.45) is 7.05 Å². The highest BCUT2D eigenvalue weighted by Crippen LogP contribution is 2.27. The van der Waals surface area contributed by atoms with E-state index in [1.165, 1.54) is 0 Å². The molecule has 0 bridgehead atoms. The molecule has 0 atom stereocenters. The van der Waals surface area contributed by atoms with E-state index in [4.69, 9.17) is 0 Å². The number of carbonyl (C=O) groups is 1. The Morgan fingerprint density at radius 3 is 2.78 bits per heavy atom. The van der Waals surface area contributed by atoms with Gasteiger partial charge in [0.1, 0.15) is 5.82 Å². The van der Waals surface area contributed by atoms with Gasteiger partial charge in [0.05, 0.1) is 11.8 Å². The first-order chi connectivity index (χ1) is 11.2. The molecule has 1 aliphatic heterocycles. The molecule has 1 amide bonds. The van der Waals surface area contributed by atoms with E-state index >= 15 is 0 Å². The third-order valence-corrected chi connectivity index (χ3v) is 4.44. The molecule has 3 aromatic rings. The van der Waals surface area contributed by atoms with Crippen LogP contribution in [-0.2, 0) is 7.05 Å². The third kappa shape index (κ3) is 2.48. The lowest BCUT2D eigenvalue weighted by Crippen LogP contribution is -2.38. The van der Waals surface area contributed by atoms with Crippen LogP contribution in [-0.4, -0.2) is 48.3 Å². The van der Waals surface area contributed by atoms with Crippen LogP contribution < -0.4 is 0 Å². The Morgan fingerprint density at radius 2 is 2.04 bits per heavy atom. The average molecular weight is 310 g/mol. The number of amides is 1. The number of piperidine rings is 1. The van der Waals surface area contributed by atoms with Gasteiger partial charge in [-0.2, -0.15) is 5.10 Å². The van der Waals surface area contributed by atoms with Crippen molar-refractivity contribution in [3.05, 3.63) is 48.2 Å². The van der Waals surface area contributed by atoms with Crippen LogP contribution in [0.2, 0.25) is 0 Å². The zero-order valence-corrected chi connectivity index (χ0v) is 13.0. The van der Waals surface area contributed by atoms with Gasteiger partial charge in [0.15, 0.2) is 5.65 Å². The van der Waals surface area contributed by atoms with Crippen LogP contribution in [0.15, 0.2) is 36.8 Å². The molecule has 0 aromatic carbocycles. The van der Waals surface area contributed by atoms with E-state index < -0.39 is 0 Å². The summed E-state index contributed by atoms with van der Waals surface area (Å²) >= 11 is 0. The molecule has 0 unspecified atom stereocenters. The van der Waals surface area contributed by atoms with Crippen molar-refractivity contribution in [1.82, 2.24) is 29.3 Å². The van der Waals surface area contributed by atoms with Gasteiger partial charge < -0.3 is 4.90 Å². The predicted molar refractivity (Wildman–Crippen MR) is 84.1 cm³/mol. The highest BCUT2D eigenvalue weighted by Gasteiger charge is 2.27. The maximum absolute atomic E-state index is 12.5. The van der Waals surface area contributed by atoms with E-state index in [-0.39, 0.29) is 5.91 Å². The number of fused-ring (bicyclic) bond motifs is 1. The van der Waals surface area contributed by atoms with Crippen molar-refractivity contribution >= 4 is 11.6 Å². The Kier molecular flexibility index (Phi) is 3.33. The van der Waals surface area contributed by atoms with Gasteiger partial charge in [-0.3, -0.25) is 13.9 Å². The van der Waals surface area contributed by atoms with Crippen LogP contribution in [0, 0.1) is 0 Å². The summed E-state index contributed by atoms with van der Waals surface area (Å²) in [6.07, 6.45) is 7.20. The molecule has 0 aliphatic carbocycles. The summed E-state index contributed by atoms with van der Waals surface area (Å²) in [5.74, 6) is 1.39. The lowest BCUT2D eigenvalue weighted by atomic mass is 9.95. The zero-order valence-electron chi connectivity index (χ0n) is 13.0. The van der Waals surface area contributed by atoms with Gasteiger partial charge in [-0.25, -0.2) is 0 Å². The Labute approximate surface area is 133 Å². The molecule has 7 nitrogen and oxygen atoms in total. The smallest absolute Gasteiger partial charge is 0.257 e. The van der Waals surface area contributed by atoms with Crippen molar-refractivity contribution in [2.45, 2.75) is 18.8 Å². The normalized spacial score (nSPS) is 16.1. The van der Waals surface area contributed by atoms with Gasteiger partial charge >= 0.3 is 0 Å². The minimum atomic E-state index is 0.0580. The number of hydrogen-bond donors (Lipinski definition) is 0. The molecule has 0 N–H and O–H groups in total. The van der Waals surface area contributed by atoms with Crippen molar-refractivity contribution in [2.75, 3.05) is 13.1 Å². The van der Waals surface area contributed by atoms with Gasteiger partial charge in [-0.1, -0.05) is 6.07 Å². The number of likely N-dealkylation sites (tertiary alicyclic amines) is 1. The molecule has 1 saturated heterocycles. The van der Waals surface area contributed by atoms with Crippen molar-refractivity contribution in [3.63, 3.8) is 0 Å². The number of hydrogen-bond acceptors (Lipinski definition) is 4. The SMILES string of the molecule is Cn1cc(C(=O)N2CCC(c3nnc4ccccn34)CC2)cn1. The van der Waals surface area contributed by atoms with Crippen LogP contribution in [0.3, 0.4) is 0 Å². The molecule has 7 heteroatoms. The van der Waals surface area contributed by atoms with E-state index in [1.807, 2.05) is 40.7 Å². The zero-order chi connectivity index (χ0) is 15.8. The van der Waals surface area contributed by atoms with Crippen LogP contribution in [0.25, 0.3) is 5.65 Å². The molecule has 23 heavy (non-hydrogen) atoms. The molecule has 1 fully saturated rings. The molecule has 0 spiro atoms. The maximum Gasteiger partial charge on any atom is 0.257 e. The lowest BCUT2D eigenvalue weighted by Gasteiger charge is -2.31. The Bertz CT molecular complexity index is 843. The fourth-order valence-electron chi connectivity index (χ4n) is 3.19. The fraction of sp³-hybridized carbons (Fsp3) is 0.375. The summed E-state index contributed by atoms with van der Waals surface area (Å²) in [7, 11) is 1.82. The van der Waals surface area contributed by atoms with Crippen molar-refractivity contribution in [3.8, 4) is 0 Å². The first-order valence-corrected chi connectivity index (χ1v) is 7.80. The fourth-order valence-corrected chi connectivity index (χ4v) is 3.19. The second-order valence-corrected chi connectivity index (χ2v) is 5.96. The summed E-state index contributed by atoms with van der Waals surface area (Å²) in [5.41, 5.74) is 1.52. The summed E-state index contributed by atoms with van der Waals surface area (Å²) in [5, 5.41) is 12.6. The number of nitrogens with zero attached hydrogens (tertiary/aromatic N) is 6. The average Bonchev–Trinajstić information content (AvgIpc) is 3.21. The minimum absolute atomic E-state index is 0.0580. The third-order valence-electron chi connectivity index (χ3n) is 4.44. The quantitative estimate of drug-likeness (QED) is 0.719. The van der Waals surface area contributed by atoms with E-state index in [2.05, 4.69) is 15.3 Å². The second-order valence-electron chi connectivity index (χ2n) is 5.96. The van der Waals surface area contributed by atoms with E-state index in [1.54, 1.807) is 17.1 Å². The predicted octanol–water partition coefficient (Wildman–Crippen LogP) is 1.48. The summed E-state index contributed by atoms with van der Waals surface area (Å²) < 4.78 is 3.70. The van der Waals surface area contributed by atoms with Crippen molar-refractivity contribution < 1.29 is 4.79 Å². The van der Waals surface area contributed by atoms with Gasteiger partial charge in [0, 0.05) is 38.4 Å². The number of aromatic nitrogens is 5. The van der Waals surface area contributed by atoms with E-state index in [0.29, 0.717) is 11.5 Å². The molecule has 1 aliphatic rings.